The van der Waals surface area contributed by atoms with Gasteiger partial charge in [0.05, 0.1) is 6.26 Å². The third kappa shape index (κ3) is 2.17. The minimum Gasteiger partial charge on any atom is -0.463 e. The Morgan fingerprint density at radius 1 is 1.47 bits per heavy atom. The van der Waals surface area contributed by atoms with Crippen molar-refractivity contribution < 1.29 is 13.6 Å². The van der Waals surface area contributed by atoms with E-state index in [1.54, 1.807) is 24.5 Å². The molecular weight excluding hydrogens is 268 g/mol. The molecule has 0 radical (unpaired) electrons. The Bertz CT molecular complexity index is 630. The van der Waals surface area contributed by atoms with Crippen LogP contribution in [-0.2, 0) is 4.79 Å². The van der Waals surface area contributed by atoms with Crippen molar-refractivity contribution in [1.29, 1.82) is 0 Å². The van der Waals surface area contributed by atoms with Crippen LogP contribution in [0.25, 0.3) is 0 Å². The fourth-order valence-electron chi connectivity index (χ4n) is 2.12. The average Bonchev–Trinajstić information content (AvgIpc) is 3.07. The van der Waals surface area contributed by atoms with Crippen LogP contribution in [0.3, 0.4) is 0 Å². The summed E-state index contributed by atoms with van der Waals surface area (Å²) < 4.78 is 10.7. The minimum atomic E-state index is -0.273. The predicted molar refractivity (Wildman–Crippen MR) is 68.8 cm³/mol. The van der Waals surface area contributed by atoms with Crippen molar-refractivity contribution in [1.82, 2.24) is 5.01 Å². The third-order valence-electron chi connectivity index (χ3n) is 2.96. The van der Waals surface area contributed by atoms with E-state index in [9.17, 15) is 4.79 Å². The van der Waals surface area contributed by atoms with E-state index in [1.807, 2.05) is 6.07 Å². The lowest BCUT2D eigenvalue weighted by Gasteiger charge is -2.17. The largest absolute Gasteiger partial charge is 0.463 e. The molecule has 3 rings (SSSR count). The Kier molecular flexibility index (Phi) is 2.91. The monoisotopic (exact) mass is 278 g/mol. The molecule has 19 heavy (non-hydrogen) atoms. The van der Waals surface area contributed by atoms with Crippen molar-refractivity contribution in [2.75, 3.05) is 0 Å². The van der Waals surface area contributed by atoms with Crippen molar-refractivity contribution in [2.24, 2.45) is 5.10 Å². The Morgan fingerprint density at radius 2 is 2.32 bits per heavy atom. The lowest BCUT2D eigenvalue weighted by Crippen LogP contribution is -2.23. The number of hydrogen-bond donors (Lipinski definition) is 0. The van der Waals surface area contributed by atoms with E-state index in [0.29, 0.717) is 23.2 Å². The van der Waals surface area contributed by atoms with Gasteiger partial charge in [-0.05, 0) is 35.9 Å². The zero-order valence-electron chi connectivity index (χ0n) is 10.2. The van der Waals surface area contributed by atoms with Crippen LogP contribution < -0.4 is 0 Å². The summed E-state index contributed by atoms with van der Waals surface area (Å²) in [5, 5.41) is 5.99. The SMILES string of the molecule is CC(=O)N1N=C(c2ccco2)C[C@H]1c1ccc(Cl)o1. The van der Waals surface area contributed by atoms with E-state index in [1.165, 1.54) is 11.9 Å². The van der Waals surface area contributed by atoms with Gasteiger partial charge in [0.25, 0.3) is 0 Å². The number of furan rings is 2. The lowest BCUT2D eigenvalue weighted by molar-refractivity contribution is -0.130. The maximum Gasteiger partial charge on any atom is 0.240 e. The molecule has 0 fully saturated rings. The van der Waals surface area contributed by atoms with E-state index in [-0.39, 0.29) is 11.9 Å². The summed E-state index contributed by atoms with van der Waals surface area (Å²) >= 11 is 5.78. The summed E-state index contributed by atoms with van der Waals surface area (Å²) in [4.78, 5) is 11.7. The highest BCUT2D eigenvalue weighted by Gasteiger charge is 2.34. The van der Waals surface area contributed by atoms with Crippen LogP contribution in [0, 0.1) is 0 Å². The normalized spacial score (nSPS) is 18.7. The van der Waals surface area contributed by atoms with Gasteiger partial charge < -0.3 is 8.83 Å². The molecule has 1 atom stereocenters. The smallest absolute Gasteiger partial charge is 0.240 e. The number of carbonyl (C=O) groups excluding carboxylic acids is 1. The first-order chi connectivity index (χ1) is 9.15. The summed E-state index contributed by atoms with van der Waals surface area (Å²) in [7, 11) is 0. The highest BCUT2D eigenvalue weighted by molar-refractivity contribution is 6.28. The maximum absolute atomic E-state index is 11.7. The van der Waals surface area contributed by atoms with Crippen LogP contribution in [-0.4, -0.2) is 16.6 Å². The fraction of sp³-hybridized carbons (Fsp3) is 0.231. The molecule has 1 amide bonds. The van der Waals surface area contributed by atoms with Crippen LogP contribution >= 0.6 is 11.6 Å². The van der Waals surface area contributed by atoms with Gasteiger partial charge in [-0.3, -0.25) is 4.79 Å². The van der Waals surface area contributed by atoms with E-state index < -0.39 is 0 Å². The zero-order chi connectivity index (χ0) is 13.4. The van der Waals surface area contributed by atoms with Gasteiger partial charge >= 0.3 is 0 Å². The second-order valence-electron chi connectivity index (χ2n) is 4.25. The summed E-state index contributed by atoms with van der Waals surface area (Å²) in [5.74, 6) is 1.12. The number of hydrazone groups is 1. The van der Waals surface area contributed by atoms with Crippen LogP contribution in [0.1, 0.15) is 30.9 Å². The Hall–Kier alpha value is -2.01. The van der Waals surface area contributed by atoms with Crippen LogP contribution in [0.15, 0.2) is 44.5 Å². The summed E-state index contributed by atoms with van der Waals surface area (Å²) in [5.41, 5.74) is 0.720. The number of nitrogens with zero attached hydrogens (tertiary/aromatic N) is 2. The molecular formula is C13H11ClN2O3. The highest BCUT2D eigenvalue weighted by atomic mass is 35.5. The molecule has 2 aromatic rings. The minimum absolute atomic E-state index is 0.154. The second kappa shape index (κ2) is 4.59. The topological polar surface area (TPSA) is 59.0 Å². The molecule has 0 unspecified atom stereocenters. The second-order valence-corrected chi connectivity index (χ2v) is 4.62. The fourth-order valence-corrected chi connectivity index (χ4v) is 2.27. The number of amides is 1. The van der Waals surface area contributed by atoms with Gasteiger partial charge in [0.2, 0.25) is 5.91 Å². The Labute approximate surface area is 114 Å². The Morgan fingerprint density at radius 3 is 2.89 bits per heavy atom. The molecule has 0 N–H and O–H groups in total. The molecule has 0 aliphatic carbocycles. The van der Waals surface area contributed by atoms with Crippen LogP contribution in [0.2, 0.25) is 5.22 Å². The summed E-state index contributed by atoms with van der Waals surface area (Å²) in [6.45, 7) is 1.46. The number of halogens is 1. The van der Waals surface area contributed by atoms with Gasteiger partial charge in [0.1, 0.15) is 23.3 Å². The van der Waals surface area contributed by atoms with E-state index in [4.69, 9.17) is 20.4 Å². The van der Waals surface area contributed by atoms with Gasteiger partial charge in [-0.1, -0.05) is 0 Å². The molecule has 0 spiro atoms. The van der Waals surface area contributed by atoms with Crippen molar-refractivity contribution in [3.63, 3.8) is 0 Å². The molecule has 0 saturated carbocycles. The van der Waals surface area contributed by atoms with E-state index in [0.717, 1.165) is 5.71 Å². The number of carbonyl (C=O) groups is 1. The first kappa shape index (κ1) is 12.0. The molecule has 5 nitrogen and oxygen atoms in total. The summed E-state index contributed by atoms with van der Waals surface area (Å²) in [6, 6.07) is 6.73. The first-order valence-electron chi connectivity index (χ1n) is 5.81. The molecule has 0 aromatic carbocycles. The third-order valence-corrected chi connectivity index (χ3v) is 3.16. The van der Waals surface area contributed by atoms with E-state index >= 15 is 0 Å². The maximum atomic E-state index is 11.7. The lowest BCUT2D eigenvalue weighted by atomic mass is 10.1. The molecule has 0 bridgehead atoms. The van der Waals surface area contributed by atoms with Gasteiger partial charge in [-0.25, -0.2) is 5.01 Å². The standard InChI is InChI=1S/C13H11ClN2O3/c1-8(17)16-10(12-4-5-13(14)19-12)7-9(15-16)11-3-2-6-18-11/h2-6,10H,7H2,1H3/t10-/m0/s1. The molecule has 1 aliphatic heterocycles. The van der Waals surface area contributed by atoms with Gasteiger partial charge in [0, 0.05) is 13.3 Å². The quantitative estimate of drug-likeness (QED) is 0.847. The predicted octanol–water partition coefficient (Wildman–Crippen LogP) is 3.22. The van der Waals surface area contributed by atoms with Crippen LogP contribution in [0.4, 0.5) is 0 Å². The van der Waals surface area contributed by atoms with E-state index in [2.05, 4.69) is 5.10 Å². The van der Waals surface area contributed by atoms with Crippen molar-refractivity contribution in [2.45, 2.75) is 19.4 Å². The number of hydrogen-bond acceptors (Lipinski definition) is 4. The van der Waals surface area contributed by atoms with Crippen molar-refractivity contribution in [3.05, 3.63) is 47.3 Å². The van der Waals surface area contributed by atoms with Crippen molar-refractivity contribution in [3.8, 4) is 0 Å². The van der Waals surface area contributed by atoms with Crippen molar-refractivity contribution >= 4 is 23.2 Å². The molecule has 3 heterocycles. The average molecular weight is 279 g/mol. The molecule has 98 valence electrons. The molecule has 6 heteroatoms. The highest BCUT2D eigenvalue weighted by Crippen LogP contribution is 2.34. The molecule has 0 saturated heterocycles. The first-order valence-corrected chi connectivity index (χ1v) is 6.19. The Balaban J connectivity index is 1.93. The van der Waals surface area contributed by atoms with Gasteiger partial charge in [-0.15, -0.1) is 0 Å². The number of rotatable bonds is 2. The van der Waals surface area contributed by atoms with Gasteiger partial charge in [-0.2, -0.15) is 5.10 Å². The molecule has 2 aromatic heterocycles. The van der Waals surface area contributed by atoms with Crippen LogP contribution in [0.5, 0.6) is 0 Å². The van der Waals surface area contributed by atoms with Gasteiger partial charge in [0.15, 0.2) is 5.22 Å². The molecule has 1 aliphatic rings. The zero-order valence-corrected chi connectivity index (χ0v) is 10.9. The summed E-state index contributed by atoms with van der Waals surface area (Å²) in [6.07, 6.45) is 2.12.